The molecule has 3 N–H and O–H groups in total. The lowest BCUT2D eigenvalue weighted by Crippen LogP contribution is -2.32. The number of hydrogen-bond acceptors (Lipinski definition) is 3. The van der Waals surface area contributed by atoms with Crippen LogP contribution in [0.2, 0.25) is 5.02 Å². The molecule has 6 nitrogen and oxygen atoms in total. The van der Waals surface area contributed by atoms with Gasteiger partial charge in [-0.05, 0) is 30.3 Å². The summed E-state index contributed by atoms with van der Waals surface area (Å²) in [7, 11) is 0. The monoisotopic (exact) mass is 382 g/mol. The number of ether oxygens (including phenoxy) is 1. The molecule has 0 bridgehead atoms. The third-order valence-corrected chi connectivity index (χ3v) is 4.15. The summed E-state index contributed by atoms with van der Waals surface area (Å²) in [5.41, 5.74) is 0.248. The predicted octanol–water partition coefficient (Wildman–Crippen LogP) is 3.96. The van der Waals surface area contributed by atoms with Crippen molar-refractivity contribution in [2.75, 3.05) is 11.9 Å². The SMILES string of the molecule is O=C(O)N[C@@H]1CCOc2c(C(=O)Nc3ccc(F)c(Cl)c3)ccc(F)c21. The lowest BCUT2D eigenvalue weighted by atomic mass is 9.96. The molecule has 2 aromatic carbocycles. The van der Waals surface area contributed by atoms with Gasteiger partial charge in [-0.2, -0.15) is 0 Å². The number of nitrogens with one attached hydrogen (secondary N) is 2. The van der Waals surface area contributed by atoms with Gasteiger partial charge in [-0.15, -0.1) is 0 Å². The van der Waals surface area contributed by atoms with Crippen molar-refractivity contribution >= 4 is 29.3 Å². The lowest BCUT2D eigenvalue weighted by Gasteiger charge is -2.27. The van der Waals surface area contributed by atoms with Gasteiger partial charge >= 0.3 is 6.09 Å². The zero-order valence-corrected chi connectivity index (χ0v) is 13.9. The second-order valence-corrected chi connectivity index (χ2v) is 5.97. The molecule has 0 saturated carbocycles. The first kappa shape index (κ1) is 17.9. The fourth-order valence-corrected chi connectivity index (χ4v) is 2.90. The number of rotatable bonds is 3. The predicted molar refractivity (Wildman–Crippen MR) is 89.8 cm³/mol. The topological polar surface area (TPSA) is 87.7 Å². The molecule has 1 atom stereocenters. The minimum Gasteiger partial charge on any atom is -0.492 e. The maximum Gasteiger partial charge on any atom is 0.405 e. The normalized spacial score (nSPS) is 15.6. The fraction of sp³-hybridized carbons (Fsp3) is 0.176. The largest absolute Gasteiger partial charge is 0.492 e. The van der Waals surface area contributed by atoms with Crippen LogP contribution in [0, 0.1) is 11.6 Å². The minimum atomic E-state index is -1.31. The Morgan fingerprint density at radius 1 is 1.19 bits per heavy atom. The molecule has 0 radical (unpaired) electrons. The minimum absolute atomic E-state index is 0.0246. The van der Waals surface area contributed by atoms with E-state index in [4.69, 9.17) is 21.4 Å². The Hall–Kier alpha value is -2.87. The molecule has 1 aliphatic rings. The zero-order chi connectivity index (χ0) is 18.8. The van der Waals surface area contributed by atoms with Crippen LogP contribution in [0.1, 0.15) is 28.4 Å². The van der Waals surface area contributed by atoms with Crippen molar-refractivity contribution in [3.05, 3.63) is 58.1 Å². The van der Waals surface area contributed by atoms with E-state index >= 15 is 0 Å². The van der Waals surface area contributed by atoms with Crippen molar-refractivity contribution in [3.63, 3.8) is 0 Å². The number of benzene rings is 2. The first-order valence-corrected chi connectivity index (χ1v) is 7.95. The van der Waals surface area contributed by atoms with Crippen molar-refractivity contribution in [3.8, 4) is 5.75 Å². The maximum absolute atomic E-state index is 14.2. The molecular weight excluding hydrogens is 370 g/mol. The van der Waals surface area contributed by atoms with E-state index in [2.05, 4.69) is 10.6 Å². The van der Waals surface area contributed by atoms with E-state index < -0.39 is 29.7 Å². The van der Waals surface area contributed by atoms with E-state index in [1.165, 1.54) is 18.2 Å². The highest BCUT2D eigenvalue weighted by atomic mass is 35.5. The standard InChI is InChI=1S/C17H13ClF2N2O4/c18-10-7-8(1-3-11(10)19)21-16(23)9-2-4-12(20)14-13(22-17(24)25)5-6-26-15(9)14/h1-4,7,13,22H,5-6H2,(H,21,23)(H,24,25)/t13-/m1/s1. The van der Waals surface area contributed by atoms with Gasteiger partial charge in [0.15, 0.2) is 0 Å². The summed E-state index contributed by atoms with van der Waals surface area (Å²) >= 11 is 5.68. The van der Waals surface area contributed by atoms with Crippen LogP contribution in [0.15, 0.2) is 30.3 Å². The van der Waals surface area contributed by atoms with E-state index in [1.807, 2.05) is 0 Å². The van der Waals surface area contributed by atoms with Crippen molar-refractivity contribution in [1.82, 2.24) is 5.32 Å². The molecule has 0 aromatic heterocycles. The molecule has 1 heterocycles. The van der Waals surface area contributed by atoms with Crippen LogP contribution in [0.4, 0.5) is 19.3 Å². The van der Waals surface area contributed by atoms with Crippen LogP contribution in [0.25, 0.3) is 0 Å². The van der Waals surface area contributed by atoms with Gasteiger partial charge in [0.1, 0.15) is 17.4 Å². The number of fused-ring (bicyclic) bond motifs is 1. The number of halogens is 3. The van der Waals surface area contributed by atoms with Crippen molar-refractivity contribution in [2.24, 2.45) is 0 Å². The summed E-state index contributed by atoms with van der Waals surface area (Å²) in [6, 6.07) is 5.13. The average Bonchev–Trinajstić information content (AvgIpc) is 2.58. The first-order valence-electron chi connectivity index (χ1n) is 7.58. The molecule has 3 rings (SSSR count). The Morgan fingerprint density at radius 3 is 2.62 bits per heavy atom. The van der Waals surface area contributed by atoms with Crippen LogP contribution in [-0.4, -0.2) is 23.7 Å². The van der Waals surface area contributed by atoms with Crippen LogP contribution < -0.4 is 15.4 Å². The van der Waals surface area contributed by atoms with E-state index in [-0.39, 0.29) is 40.6 Å². The molecule has 0 spiro atoms. The lowest BCUT2D eigenvalue weighted by molar-refractivity contribution is 0.102. The summed E-state index contributed by atoms with van der Waals surface area (Å²) in [5.74, 6) is -1.96. The van der Waals surface area contributed by atoms with Crippen molar-refractivity contribution < 1.29 is 28.2 Å². The van der Waals surface area contributed by atoms with E-state index in [9.17, 15) is 18.4 Å². The third-order valence-electron chi connectivity index (χ3n) is 3.86. The van der Waals surface area contributed by atoms with Crippen LogP contribution in [0.5, 0.6) is 5.75 Å². The molecule has 2 amide bonds. The Morgan fingerprint density at radius 2 is 1.92 bits per heavy atom. The van der Waals surface area contributed by atoms with Crippen LogP contribution in [-0.2, 0) is 0 Å². The Balaban J connectivity index is 1.94. The zero-order valence-electron chi connectivity index (χ0n) is 13.2. The van der Waals surface area contributed by atoms with Gasteiger partial charge in [-0.1, -0.05) is 11.6 Å². The fourth-order valence-electron chi connectivity index (χ4n) is 2.72. The molecule has 136 valence electrons. The molecule has 0 fully saturated rings. The van der Waals surface area contributed by atoms with E-state index in [0.717, 1.165) is 12.1 Å². The highest BCUT2D eigenvalue weighted by Crippen LogP contribution is 2.37. The van der Waals surface area contributed by atoms with Crippen LogP contribution >= 0.6 is 11.6 Å². The molecule has 0 aliphatic carbocycles. The Kier molecular flexibility index (Phi) is 4.94. The summed E-state index contributed by atoms with van der Waals surface area (Å²) in [5, 5.41) is 13.5. The Labute approximate surface area is 151 Å². The van der Waals surface area contributed by atoms with Gasteiger partial charge in [0.05, 0.1) is 28.8 Å². The summed E-state index contributed by atoms with van der Waals surface area (Å²) in [6.45, 7) is 0.115. The third kappa shape index (κ3) is 3.55. The molecule has 0 saturated heterocycles. The van der Waals surface area contributed by atoms with Crippen molar-refractivity contribution in [1.29, 1.82) is 0 Å². The van der Waals surface area contributed by atoms with Gasteiger partial charge in [0.2, 0.25) is 0 Å². The first-order chi connectivity index (χ1) is 12.4. The molecule has 2 aromatic rings. The second-order valence-electron chi connectivity index (χ2n) is 5.56. The second kappa shape index (κ2) is 7.17. The highest BCUT2D eigenvalue weighted by Gasteiger charge is 2.30. The van der Waals surface area contributed by atoms with E-state index in [1.54, 1.807) is 0 Å². The number of hydrogen-bond donors (Lipinski definition) is 3. The van der Waals surface area contributed by atoms with Crippen molar-refractivity contribution in [2.45, 2.75) is 12.5 Å². The van der Waals surface area contributed by atoms with Gasteiger partial charge in [0, 0.05) is 12.1 Å². The number of carboxylic acid groups (broad SMARTS) is 1. The van der Waals surface area contributed by atoms with E-state index in [0.29, 0.717) is 0 Å². The number of amides is 2. The highest BCUT2D eigenvalue weighted by molar-refractivity contribution is 6.31. The number of carbonyl (C=O) groups excluding carboxylic acids is 1. The maximum atomic E-state index is 14.2. The quantitative estimate of drug-likeness (QED) is 0.749. The van der Waals surface area contributed by atoms with Gasteiger partial charge in [-0.3, -0.25) is 4.79 Å². The Bertz CT molecular complexity index is 891. The van der Waals surface area contributed by atoms with Gasteiger partial charge in [-0.25, -0.2) is 13.6 Å². The number of carbonyl (C=O) groups is 2. The van der Waals surface area contributed by atoms with Gasteiger partial charge < -0.3 is 20.5 Å². The molecule has 9 heteroatoms. The van der Waals surface area contributed by atoms with Gasteiger partial charge in [0.25, 0.3) is 5.91 Å². The summed E-state index contributed by atoms with van der Waals surface area (Å²) in [4.78, 5) is 23.4. The summed E-state index contributed by atoms with van der Waals surface area (Å²) < 4.78 is 32.9. The van der Waals surface area contributed by atoms with Crippen LogP contribution in [0.3, 0.4) is 0 Å². The average molecular weight is 383 g/mol. The summed E-state index contributed by atoms with van der Waals surface area (Å²) in [6.07, 6.45) is -1.08. The molecule has 1 aliphatic heterocycles. The smallest absolute Gasteiger partial charge is 0.405 e. The molecular formula is C17H13ClF2N2O4. The molecule has 26 heavy (non-hydrogen) atoms. The number of anilines is 1. The molecule has 0 unspecified atom stereocenters.